The Morgan fingerprint density at radius 2 is 1.55 bits per heavy atom. The van der Waals surface area contributed by atoms with Gasteiger partial charge in [-0.05, 0) is 145 Å². The van der Waals surface area contributed by atoms with E-state index in [1.807, 2.05) is 12.1 Å². The van der Waals surface area contributed by atoms with Gasteiger partial charge in [0, 0.05) is 18.6 Å². The molecule has 1 unspecified atom stereocenters. The molecule has 292 valence electrons. The summed E-state index contributed by atoms with van der Waals surface area (Å²) in [5.41, 5.74) is 4.27. The van der Waals surface area contributed by atoms with Gasteiger partial charge in [-0.1, -0.05) is 78.8 Å². The van der Waals surface area contributed by atoms with E-state index >= 15 is 0 Å². The number of aromatic carboxylic acids is 1. The lowest BCUT2D eigenvalue weighted by Crippen LogP contribution is -2.69. The van der Waals surface area contributed by atoms with Crippen molar-refractivity contribution in [1.29, 1.82) is 0 Å². The van der Waals surface area contributed by atoms with Gasteiger partial charge in [-0.3, -0.25) is 9.69 Å². The van der Waals surface area contributed by atoms with Crippen LogP contribution in [0.25, 0.3) is 5.57 Å². The van der Waals surface area contributed by atoms with Crippen LogP contribution in [0.2, 0.25) is 0 Å². The molecule has 10 atom stereocenters. The van der Waals surface area contributed by atoms with E-state index in [9.17, 15) is 23.1 Å². The summed E-state index contributed by atoms with van der Waals surface area (Å²) in [5, 5.41) is 13.3. The molecule has 8 heteroatoms. The topological polar surface area (TPSA) is 104 Å². The number of carbonyl (C=O) groups excluding carboxylic acids is 1. The summed E-state index contributed by atoms with van der Waals surface area (Å²) in [7, 11) is -3.04. The van der Waals surface area contributed by atoms with Crippen molar-refractivity contribution in [2.75, 3.05) is 24.6 Å². The van der Waals surface area contributed by atoms with Crippen molar-refractivity contribution >= 4 is 27.3 Å². The largest absolute Gasteiger partial charge is 0.478 e. The first kappa shape index (κ1) is 38.8. The lowest BCUT2D eigenvalue weighted by Gasteiger charge is -2.72. The molecule has 1 aromatic rings. The zero-order chi connectivity index (χ0) is 38.5. The monoisotopic (exact) mass is 746 g/mol. The standard InChI is InChI=1S/C45H66N2O5S/c1-28(2)32-16-21-45(46-39(48)38(29(3)4)47-24-26-53(51,52)27-25-47)23-22-43(8)34(37(32)45)14-15-36-42(7)19-17-33(30-10-12-31(13-11-30)40(49)50)41(5,6)35(42)18-20-44(36,43)9/h10-13,17,29,32,34-38H,1,14-16,18-27H2,2-9H3,(H,46,48)(H,49,50)/t32-,34+,35-,36+,37+,38?,42-,43+,44+,45-/m0/s1. The Morgan fingerprint density at radius 1 is 0.887 bits per heavy atom. The summed E-state index contributed by atoms with van der Waals surface area (Å²) in [6, 6.07) is 7.18. The Bertz CT molecular complexity index is 1780. The lowest BCUT2D eigenvalue weighted by atomic mass is 9.33. The third-order valence-electron chi connectivity index (χ3n) is 17.1. The number of allylic oxidation sites excluding steroid dienone is 3. The Kier molecular flexibility index (Phi) is 9.57. The first-order valence-corrected chi connectivity index (χ1v) is 22.5. The number of benzene rings is 1. The zero-order valence-electron chi connectivity index (χ0n) is 33.8. The molecule has 0 aromatic heterocycles. The highest BCUT2D eigenvalue weighted by atomic mass is 32.2. The van der Waals surface area contributed by atoms with E-state index in [0.29, 0.717) is 48.2 Å². The summed E-state index contributed by atoms with van der Waals surface area (Å²) < 4.78 is 24.6. The molecule has 5 aliphatic carbocycles. The van der Waals surface area contributed by atoms with Crippen molar-refractivity contribution in [3.63, 3.8) is 0 Å². The number of carboxylic acids is 1. The second kappa shape index (κ2) is 13.1. The van der Waals surface area contributed by atoms with E-state index in [4.69, 9.17) is 0 Å². The first-order chi connectivity index (χ1) is 24.7. The highest BCUT2D eigenvalue weighted by Crippen LogP contribution is 2.76. The van der Waals surface area contributed by atoms with Gasteiger partial charge >= 0.3 is 5.97 Å². The maximum absolute atomic E-state index is 14.5. The Balaban J connectivity index is 1.19. The molecule has 7 rings (SSSR count). The lowest BCUT2D eigenvalue weighted by molar-refractivity contribution is -0.219. The van der Waals surface area contributed by atoms with Gasteiger partial charge in [0.15, 0.2) is 9.84 Å². The van der Waals surface area contributed by atoms with E-state index in [0.717, 1.165) is 37.7 Å². The van der Waals surface area contributed by atoms with Crippen LogP contribution >= 0.6 is 0 Å². The van der Waals surface area contributed by atoms with Gasteiger partial charge in [-0.15, -0.1) is 0 Å². The van der Waals surface area contributed by atoms with Gasteiger partial charge in [0.1, 0.15) is 0 Å². The van der Waals surface area contributed by atoms with Gasteiger partial charge in [0.2, 0.25) is 5.91 Å². The predicted molar refractivity (Wildman–Crippen MR) is 213 cm³/mol. The van der Waals surface area contributed by atoms with Crippen LogP contribution in [0.3, 0.4) is 0 Å². The van der Waals surface area contributed by atoms with E-state index in [1.165, 1.54) is 36.8 Å². The number of rotatable bonds is 7. The van der Waals surface area contributed by atoms with Gasteiger partial charge in [-0.25, -0.2) is 13.2 Å². The molecule has 6 aliphatic rings. The van der Waals surface area contributed by atoms with Gasteiger partial charge in [-0.2, -0.15) is 0 Å². The number of hydrogen-bond acceptors (Lipinski definition) is 5. The maximum Gasteiger partial charge on any atom is 0.335 e. The fraction of sp³-hybridized carbons (Fsp3) is 0.733. The quantitative estimate of drug-likeness (QED) is 0.271. The Labute approximate surface area is 319 Å². The van der Waals surface area contributed by atoms with E-state index in [-0.39, 0.29) is 56.6 Å². The first-order valence-electron chi connectivity index (χ1n) is 20.7. The number of carbonyl (C=O) groups is 2. The van der Waals surface area contributed by atoms with Crippen molar-refractivity contribution in [2.45, 2.75) is 125 Å². The summed E-state index contributed by atoms with van der Waals surface area (Å²) in [6.07, 6.45) is 12.5. The molecule has 1 heterocycles. The van der Waals surface area contributed by atoms with Crippen molar-refractivity contribution in [3.8, 4) is 0 Å². The maximum atomic E-state index is 14.5. The minimum Gasteiger partial charge on any atom is -0.478 e. The summed E-state index contributed by atoms with van der Waals surface area (Å²) >= 11 is 0. The van der Waals surface area contributed by atoms with Crippen LogP contribution in [0, 0.1) is 57.2 Å². The molecular weight excluding hydrogens is 681 g/mol. The van der Waals surface area contributed by atoms with Crippen molar-refractivity contribution in [3.05, 3.63) is 53.6 Å². The summed E-state index contributed by atoms with van der Waals surface area (Å²) in [5.74, 6) is 1.90. The second-order valence-corrected chi connectivity index (χ2v) is 22.4. The number of sulfone groups is 1. The smallest absolute Gasteiger partial charge is 0.335 e. The molecule has 7 nitrogen and oxygen atoms in total. The third kappa shape index (κ3) is 5.92. The fourth-order valence-electron chi connectivity index (χ4n) is 14.5. The molecule has 53 heavy (non-hydrogen) atoms. The van der Waals surface area contributed by atoms with Crippen LogP contribution in [0.1, 0.15) is 129 Å². The summed E-state index contributed by atoms with van der Waals surface area (Å²) in [4.78, 5) is 28.3. The van der Waals surface area contributed by atoms with Crippen LogP contribution < -0.4 is 5.32 Å². The molecule has 0 bridgehead atoms. The molecule has 1 saturated heterocycles. The molecule has 0 radical (unpaired) electrons. The molecule has 1 amide bonds. The molecule has 1 aromatic carbocycles. The highest BCUT2D eigenvalue weighted by Gasteiger charge is 2.70. The van der Waals surface area contributed by atoms with Crippen LogP contribution in [-0.2, 0) is 14.6 Å². The fourth-order valence-corrected chi connectivity index (χ4v) is 15.7. The number of carboxylic acid groups (broad SMARTS) is 1. The minimum absolute atomic E-state index is 0.0369. The number of amides is 1. The van der Waals surface area contributed by atoms with Gasteiger partial charge in [0.05, 0.1) is 23.1 Å². The third-order valence-corrected chi connectivity index (χ3v) is 18.7. The van der Waals surface area contributed by atoms with Gasteiger partial charge in [0.25, 0.3) is 0 Å². The highest BCUT2D eigenvalue weighted by molar-refractivity contribution is 7.91. The molecule has 0 spiro atoms. The van der Waals surface area contributed by atoms with Crippen LogP contribution in [0.4, 0.5) is 0 Å². The Morgan fingerprint density at radius 3 is 2.15 bits per heavy atom. The van der Waals surface area contributed by atoms with Crippen molar-refractivity contribution in [1.82, 2.24) is 10.2 Å². The SMILES string of the molecule is C=C(C)[C@@H]1CC[C@]2(NC(=O)C(C(C)C)N3CCS(=O)(=O)CC3)CC[C@]3(C)[C@H](CC[C@@H]4[C@@]5(C)CC=C(c6ccc(C(=O)O)cc6)C(C)(C)[C@@H]5CC[C@]43C)[C@@H]12. The minimum atomic E-state index is -3.04. The number of fused-ring (bicyclic) bond motifs is 7. The number of nitrogens with one attached hydrogen (secondary N) is 1. The van der Waals surface area contributed by atoms with Crippen molar-refractivity contribution in [2.24, 2.45) is 57.2 Å². The van der Waals surface area contributed by atoms with E-state index in [1.54, 1.807) is 12.1 Å². The second-order valence-electron chi connectivity index (χ2n) is 20.1. The van der Waals surface area contributed by atoms with Crippen LogP contribution in [0.15, 0.2) is 42.5 Å². The Hall–Kier alpha value is -2.45. The van der Waals surface area contributed by atoms with Crippen LogP contribution in [0.5, 0.6) is 0 Å². The number of hydrogen-bond donors (Lipinski definition) is 2. The summed E-state index contributed by atoms with van der Waals surface area (Å²) in [6.45, 7) is 24.6. The average Bonchev–Trinajstić information content (AvgIpc) is 3.45. The molecule has 5 fully saturated rings. The van der Waals surface area contributed by atoms with Gasteiger partial charge < -0.3 is 10.4 Å². The van der Waals surface area contributed by atoms with E-state index in [2.05, 4.69) is 78.3 Å². The van der Waals surface area contributed by atoms with Crippen molar-refractivity contribution < 1.29 is 23.1 Å². The van der Waals surface area contributed by atoms with E-state index < -0.39 is 15.8 Å². The average molecular weight is 747 g/mol. The zero-order valence-corrected chi connectivity index (χ0v) is 34.6. The molecule has 1 aliphatic heterocycles. The molecule has 2 N–H and O–H groups in total. The molecule has 4 saturated carbocycles. The molecular formula is C45H66N2O5S. The van der Waals surface area contributed by atoms with Crippen LogP contribution in [-0.4, -0.2) is 66.5 Å². The predicted octanol–water partition coefficient (Wildman–Crippen LogP) is 8.66. The number of nitrogens with zero attached hydrogens (tertiary/aromatic N) is 1. The normalized spacial score (nSPS) is 40.8.